The first-order chi connectivity index (χ1) is 9.69. The van der Waals surface area contributed by atoms with Crippen molar-refractivity contribution >= 4 is 5.71 Å². The van der Waals surface area contributed by atoms with Gasteiger partial charge in [0.15, 0.2) is 0 Å². The minimum Gasteiger partial charge on any atom is -0.508 e. The molecule has 0 saturated carbocycles. The maximum absolute atomic E-state index is 10.1. The Balaban J connectivity index is 2.24. The summed E-state index contributed by atoms with van der Waals surface area (Å²) in [6.07, 6.45) is 0.468. The molecule has 0 aromatic heterocycles. The van der Waals surface area contributed by atoms with Crippen LogP contribution in [0.1, 0.15) is 11.1 Å². The molecule has 0 saturated heterocycles. The van der Waals surface area contributed by atoms with Gasteiger partial charge in [0.2, 0.25) is 0 Å². The molecule has 1 heterocycles. The lowest BCUT2D eigenvalue weighted by molar-refractivity contribution is 0.213. The molecule has 2 aromatic carbocycles. The smallest absolute Gasteiger partial charge is 0.144 e. The van der Waals surface area contributed by atoms with E-state index in [0.717, 1.165) is 5.56 Å². The molecule has 2 aromatic rings. The SMILES string of the molecule is CON=C1Cc2ccccc2Oc2cc(O)cc(O)c21. The lowest BCUT2D eigenvalue weighted by Gasteiger charge is -2.10. The number of aromatic hydroxyl groups is 2. The molecular formula is C15H13NO4. The van der Waals surface area contributed by atoms with Gasteiger partial charge in [0, 0.05) is 24.1 Å². The summed E-state index contributed by atoms with van der Waals surface area (Å²) in [4.78, 5) is 4.85. The minimum atomic E-state index is -0.0939. The first kappa shape index (κ1) is 12.3. The molecule has 0 fully saturated rings. The second-order valence-corrected chi connectivity index (χ2v) is 4.45. The van der Waals surface area contributed by atoms with Gasteiger partial charge >= 0.3 is 0 Å². The quantitative estimate of drug-likeness (QED) is 0.782. The van der Waals surface area contributed by atoms with Crippen LogP contribution in [0.5, 0.6) is 23.0 Å². The van der Waals surface area contributed by atoms with E-state index in [4.69, 9.17) is 9.57 Å². The van der Waals surface area contributed by atoms with Crippen LogP contribution in [0.4, 0.5) is 0 Å². The number of hydrogen-bond donors (Lipinski definition) is 2. The molecule has 0 atom stereocenters. The first-order valence-corrected chi connectivity index (χ1v) is 6.11. The van der Waals surface area contributed by atoms with Gasteiger partial charge in [-0.25, -0.2) is 0 Å². The Bertz CT molecular complexity index is 694. The van der Waals surface area contributed by atoms with E-state index in [2.05, 4.69) is 5.16 Å². The van der Waals surface area contributed by atoms with E-state index in [1.807, 2.05) is 24.3 Å². The summed E-state index contributed by atoms with van der Waals surface area (Å²) >= 11 is 0. The summed E-state index contributed by atoms with van der Waals surface area (Å²) in [6.45, 7) is 0. The van der Waals surface area contributed by atoms with Crippen molar-refractivity contribution in [2.24, 2.45) is 5.16 Å². The number of ether oxygens (including phenoxy) is 1. The van der Waals surface area contributed by atoms with Gasteiger partial charge in [0.25, 0.3) is 0 Å². The van der Waals surface area contributed by atoms with E-state index in [0.29, 0.717) is 29.2 Å². The van der Waals surface area contributed by atoms with Gasteiger partial charge in [-0.1, -0.05) is 23.4 Å². The Kier molecular flexibility index (Phi) is 2.95. The van der Waals surface area contributed by atoms with Crippen LogP contribution >= 0.6 is 0 Å². The van der Waals surface area contributed by atoms with Gasteiger partial charge in [-0.15, -0.1) is 0 Å². The predicted molar refractivity (Wildman–Crippen MR) is 73.5 cm³/mol. The van der Waals surface area contributed by atoms with Crippen LogP contribution < -0.4 is 4.74 Å². The molecule has 1 aliphatic heterocycles. The van der Waals surface area contributed by atoms with Crippen molar-refractivity contribution in [2.75, 3.05) is 7.11 Å². The van der Waals surface area contributed by atoms with Crippen molar-refractivity contribution in [1.82, 2.24) is 0 Å². The number of fused-ring (bicyclic) bond motifs is 2. The number of phenolic OH excluding ortho intramolecular Hbond substituents is 2. The number of phenols is 2. The summed E-state index contributed by atoms with van der Waals surface area (Å²) < 4.78 is 5.78. The molecule has 5 heteroatoms. The highest BCUT2D eigenvalue weighted by Crippen LogP contribution is 2.40. The van der Waals surface area contributed by atoms with Crippen molar-refractivity contribution in [1.29, 1.82) is 0 Å². The number of hydrogen-bond acceptors (Lipinski definition) is 5. The van der Waals surface area contributed by atoms with Crippen LogP contribution in [0.25, 0.3) is 0 Å². The average molecular weight is 271 g/mol. The van der Waals surface area contributed by atoms with Gasteiger partial charge in [-0.05, 0) is 6.07 Å². The van der Waals surface area contributed by atoms with E-state index < -0.39 is 0 Å². The third-order valence-corrected chi connectivity index (χ3v) is 3.11. The van der Waals surface area contributed by atoms with Crippen LogP contribution in [0, 0.1) is 0 Å². The fourth-order valence-electron chi connectivity index (χ4n) is 2.28. The van der Waals surface area contributed by atoms with Gasteiger partial charge in [0.1, 0.15) is 30.1 Å². The normalized spacial score (nSPS) is 14.9. The summed E-state index contributed by atoms with van der Waals surface area (Å²) in [5, 5.41) is 23.6. The van der Waals surface area contributed by atoms with Crippen molar-refractivity contribution < 1.29 is 19.8 Å². The zero-order chi connectivity index (χ0) is 14.1. The zero-order valence-electron chi connectivity index (χ0n) is 10.8. The largest absolute Gasteiger partial charge is 0.508 e. The topological polar surface area (TPSA) is 71.3 Å². The lowest BCUT2D eigenvalue weighted by atomic mass is 10.0. The molecule has 0 bridgehead atoms. The van der Waals surface area contributed by atoms with Crippen molar-refractivity contribution in [3.8, 4) is 23.0 Å². The van der Waals surface area contributed by atoms with Crippen LogP contribution in [0.2, 0.25) is 0 Å². The number of oxime groups is 1. The molecule has 0 amide bonds. The minimum absolute atomic E-state index is 0.0719. The van der Waals surface area contributed by atoms with E-state index in [9.17, 15) is 10.2 Å². The maximum atomic E-state index is 10.1. The Morgan fingerprint density at radius 1 is 1.15 bits per heavy atom. The van der Waals surface area contributed by atoms with Crippen molar-refractivity contribution in [3.63, 3.8) is 0 Å². The Labute approximate surface area is 115 Å². The molecule has 5 nitrogen and oxygen atoms in total. The first-order valence-electron chi connectivity index (χ1n) is 6.11. The van der Waals surface area contributed by atoms with Crippen molar-refractivity contribution in [2.45, 2.75) is 6.42 Å². The van der Waals surface area contributed by atoms with E-state index in [1.54, 1.807) is 0 Å². The van der Waals surface area contributed by atoms with E-state index >= 15 is 0 Å². The number of nitrogens with zero attached hydrogens (tertiary/aromatic N) is 1. The number of para-hydroxylation sites is 1. The highest BCUT2D eigenvalue weighted by molar-refractivity contribution is 6.07. The van der Waals surface area contributed by atoms with Gasteiger partial charge in [0.05, 0.1) is 11.3 Å². The van der Waals surface area contributed by atoms with Crippen LogP contribution in [-0.4, -0.2) is 23.0 Å². The molecular weight excluding hydrogens is 258 g/mol. The maximum Gasteiger partial charge on any atom is 0.144 e. The second kappa shape index (κ2) is 4.77. The molecule has 1 aliphatic rings. The fraction of sp³-hybridized carbons (Fsp3) is 0.133. The number of benzene rings is 2. The molecule has 0 unspecified atom stereocenters. The van der Waals surface area contributed by atoms with Gasteiger partial charge in [-0.2, -0.15) is 0 Å². The molecule has 2 N–H and O–H groups in total. The molecule has 102 valence electrons. The molecule has 0 radical (unpaired) electrons. The van der Waals surface area contributed by atoms with Crippen molar-refractivity contribution in [3.05, 3.63) is 47.5 Å². The Morgan fingerprint density at radius 3 is 2.75 bits per heavy atom. The standard InChI is InChI=1S/C15H13NO4/c1-19-16-11-6-9-4-2-3-5-13(9)20-14-8-10(17)7-12(18)15(11)14/h2-5,7-8,17-18H,6H2,1H3. The average Bonchev–Trinajstić information content (AvgIpc) is 2.55. The third kappa shape index (κ3) is 2.03. The third-order valence-electron chi connectivity index (χ3n) is 3.11. The molecule has 20 heavy (non-hydrogen) atoms. The van der Waals surface area contributed by atoms with E-state index in [-0.39, 0.29) is 11.5 Å². The van der Waals surface area contributed by atoms with Gasteiger partial charge < -0.3 is 19.8 Å². The Hall–Kier alpha value is -2.69. The van der Waals surface area contributed by atoms with Crippen LogP contribution in [0.3, 0.4) is 0 Å². The number of rotatable bonds is 1. The highest BCUT2D eigenvalue weighted by Gasteiger charge is 2.24. The molecule has 0 spiro atoms. The lowest BCUT2D eigenvalue weighted by Crippen LogP contribution is -2.05. The molecule has 3 rings (SSSR count). The van der Waals surface area contributed by atoms with Crippen LogP contribution in [-0.2, 0) is 11.3 Å². The second-order valence-electron chi connectivity index (χ2n) is 4.45. The summed E-state index contributed by atoms with van der Waals surface area (Å²) in [6, 6.07) is 10.2. The van der Waals surface area contributed by atoms with E-state index in [1.165, 1.54) is 19.2 Å². The van der Waals surface area contributed by atoms with Crippen LogP contribution in [0.15, 0.2) is 41.6 Å². The predicted octanol–water partition coefficient (Wildman–Crippen LogP) is 2.80. The summed E-state index contributed by atoms with van der Waals surface area (Å²) in [7, 11) is 1.45. The highest BCUT2D eigenvalue weighted by atomic mass is 16.6. The Morgan fingerprint density at radius 2 is 1.95 bits per heavy atom. The molecule has 0 aliphatic carbocycles. The fourth-order valence-corrected chi connectivity index (χ4v) is 2.28. The monoisotopic (exact) mass is 271 g/mol. The summed E-state index contributed by atoms with van der Waals surface area (Å²) in [5.41, 5.74) is 1.91. The summed E-state index contributed by atoms with van der Waals surface area (Å²) in [5.74, 6) is 0.851. The zero-order valence-corrected chi connectivity index (χ0v) is 10.8. The van der Waals surface area contributed by atoms with Gasteiger partial charge in [-0.3, -0.25) is 0 Å².